The van der Waals surface area contributed by atoms with Gasteiger partial charge in [-0.05, 0) is 33.6 Å². The Labute approximate surface area is 195 Å². The number of nitrogens with two attached hydrogens (primary N) is 1. The highest BCUT2D eigenvalue weighted by Crippen LogP contribution is 2.31. The molecule has 0 radical (unpaired) electrons. The van der Waals surface area contributed by atoms with E-state index >= 15 is 0 Å². The average Bonchev–Trinajstić information content (AvgIpc) is 3.16. The molecule has 194 valence electrons. The molecule has 0 aromatic rings. The van der Waals surface area contributed by atoms with Crippen LogP contribution in [0.3, 0.4) is 0 Å². The maximum atomic E-state index is 12.2. The summed E-state index contributed by atoms with van der Waals surface area (Å²) in [6.07, 6.45) is 0.555. The zero-order valence-corrected chi connectivity index (χ0v) is 19.3. The molecular formula is C20H33N3O11. The van der Waals surface area contributed by atoms with Gasteiger partial charge in [-0.1, -0.05) is 12.8 Å². The van der Waals surface area contributed by atoms with Crippen LogP contribution in [-0.4, -0.2) is 85.9 Å². The number of ether oxygens (including phenoxy) is 1. The summed E-state index contributed by atoms with van der Waals surface area (Å²) < 4.78 is 5.07. The van der Waals surface area contributed by atoms with Gasteiger partial charge >= 0.3 is 23.9 Å². The molecule has 0 spiro atoms. The molecule has 14 nitrogen and oxygen atoms in total. The fourth-order valence-electron chi connectivity index (χ4n) is 3.10. The van der Waals surface area contributed by atoms with E-state index in [1.54, 1.807) is 13.8 Å². The zero-order chi connectivity index (χ0) is 26.7. The van der Waals surface area contributed by atoms with Gasteiger partial charge < -0.3 is 41.5 Å². The molecule has 1 fully saturated rings. The molecule has 2 atom stereocenters. The van der Waals surface area contributed by atoms with Crippen LogP contribution in [-0.2, 0) is 33.5 Å². The van der Waals surface area contributed by atoms with Gasteiger partial charge in [0.15, 0.2) is 5.60 Å². The molecule has 0 aromatic heterocycles. The maximum absolute atomic E-state index is 12.2. The Morgan fingerprint density at radius 3 is 1.79 bits per heavy atom. The lowest BCUT2D eigenvalue weighted by molar-refractivity contribution is -0.170. The van der Waals surface area contributed by atoms with Crippen molar-refractivity contribution in [3.63, 3.8) is 0 Å². The Balaban J connectivity index is 0.000000722. The molecule has 0 aliphatic heterocycles. The molecule has 0 heterocycles. The van der Waals surface area contributed by atoms with Crippen LogP contribution in [0, 0.1) is 0 Å². The molecule has 0 unspecified atom stereocenters. The Kier molecular flexibility index (Phi) is 12.2. The number of nitrogens with one attached hydrogen (secondary N) is 2. The summed E-state index contributed by atoms with van der Waals surface area (Å²) in [5.41, 5.74) is 1.75. The topological polar surface area (TPSA) is 243 Å². The number of carboxylic acids is 3. The number of amides is 2. The van der Waals surface area contributed by atoms with Crippen molar-refractivity contribution in [3.05, 3.63) is 0 Å². The van der Waals surface area contributed by atoms with Crippen LogP contribution in [0.1, 0.15) is 59.3 Å². The van der Waals surface area contributed by atoms with Crippen LogP contribution in [0.4, 0.5) is 0 Å². The molecule has 14 heteroatoms. The zero-order valence-electron chi connectivity index (χ0n) is 19.3. The number of rotatable bonds is 11. The molecule has 8 N–H and O–H groups in total. The number of hydrogen-bond acceptors (Lipinski definition) is 9. The van der Waals surface area contributed by atoms with E-state index in [9.17, 15) is 28.8 Å². The van der Waals surface area contributed by atoms with Crippen molar-refractivity contribution < 1.29 is 53.9 Å². The smallest absolute Gasteiger partial charge is 0.336 e. The van der Waals surface area contributed by atoms with E-state index in [-0.39, 0.29) is 6.61 Å². The van der Waals surface area contributed by atoms with Gasteiger partial charge in [-0.15, -0.1) is 0 Å². The molecule has 0 aromatic carbocycles. The molecule has 1 saturated carbocycles. The third-order valence-corrected chi connectivity index (χ3v) is 4.94. The van der Waals surface area contributed by atoms with Gasteiger partial charge in [0.2, 0.25) is 11.8 Å². The van der Waals surface area contributed by atoms with Gasteiger partial charge in [0.05, 0.1) is 25.5 Å². The molecule has 2 amide bonds. The Morgan fingerprint density at radius 1 is 0.971 bits per heavy atom. The number of esters is 1. The fourth-order valence-corrected chi connectivity index (χ4v) is 3.10. The van der Waals surface area contributed by atoms with Gasteiger partial charge in [0, 0.05) is 0 Å². The molecule has 34 heavy (non-hydrogen) atoms. The molecule has 1 rings (SSSR count). The number of hydrogen-bond donors (Lipinski definition) is 7. The summed E-state index contributed by atoms with van der Waals surface area (Å²) in [4.78, 5) is 66.3. The number of carbonyl (C=O) groups excluding carboxylic acids is 3. The van der Waals surface area contributed by atoms with Crippen molar-refractivity contribution in [2.45, 2.75) is 82.5 Å². The van der Waals surface area contributed by atoms with Crippen LogP contribution in [0.15, 0.2) is 0 Å². The first-order valence-corrected chi connectivity index (χ1v) is 10.5. The number of carboxylic acid groups (broad SMARTS) is 3. The summed E-state index contributed by atoms with van der Waals surface area (Å²) in [5.74, 6) is -6.23. The minimum atomic E-state index is -2.74. The second-order valence-electron chi connectivity index (χ2n) is 8.00. The highest BCUT2D eigenvalue weighted by molar-refractivity contribution is 5.93. The second-order valence-corrected chi connectivity index (χ2v) is 8.00. The molecule has 0 saturated heterocycles. The van der Waals surface area contributed by atoms with E-state index in [0.717, 1.165) is 12.8 Å². The molecular weight excluding hydrogens is 458 g/mol. The predicted molar refractivity (Wildman–Crippen MR) is 114 cm³/mol. The monoisotopic (exact) mass is 491 g/mol. The van der Waals surface area contributed by atoms with Crippen LogP contribution in [0.2, 0.25) is 0 Å². The lowest BCUT2D eigenvalue weighted by Gasteiger charge is -2.29. The summed E-state index contributed by atoms with van der Waals surface area (Å²) in [7, 11) is 0. The van der Waals surface area contributed by atoms with E-state index in [1.807, 2.05) is 0 Å². The van der Waals surface area contributed by atoms with E-state index in [4.69, 9.17) is 30.9 Å². The summed E-state index contributed by atoms with van der Waals surface area (Å²) in [5, 5.41) is 39.1. The van der Waals surface area contributed by atoms with Crippen molar-refractivity contribution in [2.24, 2.45) is 5.73 Å². The van der Waals surface area contributed by atoms with E-state index < -0.39 is 71.8 Å². The van der Waals surface area contributed by atoms with Gasteiger partial charge in [-0.2, -0.15) is 0 Å². The lowest BCUT2D eigenvalue weighted by atomic mass is 9.96. The minimum Gasteiger partial charge on any atom is -0.481 e. The predicted octanol–water partition coefficient (Wildman–Crippen LogP) is -1.42. The van der Waals surface area contributed by atoms with Gasteiger partial charge in [-0.25, -0.2) is 9.59 Å². The van der Waals surface area contributed by atoms with Gasteiger partial charge in [0.1, 0.15) is 11.6 Å². The number of aliphatic hydroxyl groups is 1. The van der Waals surface area contributed by atoms with Gasteiger partial charge in [-0.3, -0.25) is 19.2 Å². The van der Waals surface area contributed by atoms with Crippen LogP contribution >= 0.6 is 0 Å². The normalized spacial score (nSPS) is 16.1. The van der Waals surface area contributed by atoms with E-state index in [1.165, 1.54) is 6.92 Å². The minimum absolute atomic E-state index is 0.271. The fraction of sp³-hybridized carbons (Fsp3) is 0.700. The first-order chi connectivity index (χ1) is 15.6. The second kappa shape index (κ2) is 13.4. The van der Waals surface area contributed by atoms with Crippen molar-refractivity contribution in [2.75, 3.05) is 6.61 Å². The largest absolute Gasteiger partial charge is 0.481 e. The van der Waals surface area contributed by atoms with Crippen molar-refractivity contribution >= 4 is 35.7 Å². The van der Waals surface area contributed by atoms with Crippen molar-refractivity contribution in [1.29, 1.82) is 0 Å². The Hall–Kier alpha value is -3.26. The molecule has 1 aliphatic carbocycles. The van der Waals surface area contributed by atoms with E-state index in [0.29, 0.717) is 12.8 Å². The van der Waals surface area contributed by atoms with Gasteiger partial charge in [0.25, 0.3) is 0 Å². The third-order valence-electron chi connectivity index (χ3n) is 4.94. The number of aliphatic carboxylic acids is 3. The highest BCUT2D eigenvalue weighted by atomic mass is 16.5. The van der Waals surface area contributed by atoms with Crippen molar-refractivity contribution in [1.82, 2.24) is 10.6 Å². The maximum Gasteiger partial charge on any atom is 0.336 e. The summed E-state index contributed by atoms with van der Waals surface area (Å²) in [6.45, 7) is 5.10. The van der Waals surface area contributed by atoms with Crippen LogP contribution in [0.5, 0.6) is 0 Å². The highest BCUT2D eigenvalue weighted by Gasteiger charge is 2.44. The number of carbonyl (C=O) groups is 6. The Morgan fingerprint density at radius 2 is 1.44 bits per heavy atom. The SMILES string of the molecule is CCOC(=O)C1(NC(=O)[C@H](C)NC(=O)[C@H](C)N)CCCC1.O=C(O)CC(O)(CC(=O)O)C(=O)O. The Bertz CT molecular complexity index is 760. The summed E-state index contributed by atoms with van der Waals surface area (Å²) in [6, 6.07) is -1.44. The van der Waals surface area contributed by atoms with Crippen LogP contribution in [0.25, 0.3) is 0 Å². The molecule has 0 bridgehead atoms. The standard InChI is InChI=1S/C14H25N3O4.C6H8O7/c1-4-21-13(20)14(7-5-6-8-14)17-12(19)10(3)16-11(18)9(2)15;7-3(8)1-6(13,5(11)12)2-4(9)10/h9-10H,4-8,15H2,1-3H3,(H,16,18)(H,17,19);13H,1-2H2,(H,7,8)(H,9,10)(H,11,12)/t9-,10-;/m0./s1. The average molecular weight is 491 g/mol. The van der Waals surface area contributed by atoms with Crippen LogP contribution < -0.4 is 16.4 Å². The lowest BCUT2D eigenvalue weighted by Crippen LogP contribution is -2.58. The molecule has 1 aliphatic rings. The quantitative estimate of drug-likeness (QED) is 0.165. The van der Waals surface area contributed by atoms with E-state index in [2.05, 4.69) is 10.6 Å². The van der Waals surface area contributed by atoms with Crippen molar-refractivity contribution in [3.8, 4) is 0 Å². The first kappa shape index (κ1) is 30.7. The first-order valence-electron chi connectivity index (χ1n) is 10.5. The third kappa shape index (κ3) is 9.70. The summed E-state index contributed by atoms with van der Waals surface area (Å²) >= 11 is 0.